The number of benzene rings is 2. The largest absolute Gasteiger partial charge is 0.306 e. The third-order valence-electron chi connectivity index (χ3n) is 3.82. The van der Waals surface area contributed by atoms with Crippen molar-refractivity contribution in [3.05, 3.63) is 75.5 Å². The highest BCUT2D eigenvalue weighted by molar-refractivity contribution is 7.98. The lowest BCUT2D eigenvalue weighted by molar-refractivity contribution is 0.598. The fraction of sp³-hybridized carbons (Fsp3) is 0.263. The van der Waals surface area contributed by atoms with E-state index in [2.05, 4.69) is 33.8 Å². The Morgan fingerprint density at radius 1 is 1.04 bits per heavy atom. The average molecular weight is 392 g/mol. The predicted molar refractivity (Wildman–Crippen MR) is 106 cm³/mol. The first-order valence-corrected chi connectivity index (χ1v) is 9.94. The summed E-state index contributed by atoms with van der Waals surface area (Å²) in [4.78, 5) is 0. The molecule has 0 fully saturated rings. The van der Waals surface area contributed by atoms with Crippen molar-refractivity contribution in [2.45, 2.75) is 37.2 Å². The number of nitrogens with zero attached hydrogens (tertiary/aromatic N) is 3. The number of hydrogen-bond acceptors (Lipinski definition) is 3. The fourth-order valence-electron chi connectivity index (χ4n) is 2.56. The van der Waals surface area contributed by atoms with Crippen LogP contribution in [0.15, 0.2) is 53.7 Å². The zero-order valence-electron chi connectivity index (χ0n) is 14.0. The Labute approximate surface area is 162 Å². The third kappa shape index (κ3) is 4.78. The zero-order valence-corrected chi connectivity index (χ0v) is 16.3. The van der Waals surface area contributed by atoms with Crippen molar-refractivity contribution in [3.63, 3.8) is 0 Å². The van der Waals surface area contributed by atoms with Crippen molar-refractivity contribution in [1.29, 1.82) is 0 Å². The van der Waals surface area contributed by atoms with Gasteiger partial charge in [-0.15, -0.1) is 10.2 Å². The van der Waals surface area contributed by atoms with Gasteiger partial charge in [-0.05, 0) is 29.7 Å². The van der Waals surface area contributed by atoms with Crippen LogP contribution in [-0.2, 0) is 18.7 Å². The van der Waals surface area contributed by atoms with E-state index in [0.717, 1.165) is 41.7 Å². The number of halogens is 2. The Balaban J connectivity index is 1.76. The van der Waals surface area contributed by atoms with E-state index in [9.17, 15) is 0 Å². The summed E-state index contributed by atoms with van der Waals surface area (Å²) < 4.78 is 2.21. The molecule has 0 saturated heterocycles. The second-order valence-corrected chi connectivity index (χ2v) is 7.52. The highest BCUT2D eigenvalue weighted by atomic mass is 35.5. The lowest BCUT2D eigenvalue weighted by Gasteiger charge is -2.09. The van der Waals surface area contributed by atoms with Crippen LogP contribution in [-0.4, -0.2) is 14.8 Å². The van der Waals surface area contributed by atoms with E-state index < -0.39 is 0 Å². The van der Waals surface area contributed by atoms with E-state index in [1.807, 2.05) is 30.3 Å². The van der Waals surface area contributed by atoms with E-state index in [0.29, 0.717) is 10.0 Å². The molecule has 3 rings (SSSR count). The number of rotatable bonds is 7. The summed E-state index contributed by atoms with van der Waals surface area (Å²) in [6.45, 7) is 3.07. The topological polar surface area (TPSA) is 30.7 Å². The molecule has 0 amide bonds. The fourth-order valence-corrected chi connectivity index (χ4v) is 4.11. The standard InChI is InChI=1S/C19H19Cl2N3S/c1-2-10-24-18(11-14-6-4-3-5-7-14)22-23-19(24)25-13-15-8-9-16(20)12-17(15)21/h3-9,12H,2,10-11,13H2,1H3. The molecule has 6 heteroatoms. The smallest absolute Gasteiger partial charge is 0.191 e. The first-order chi connectivity index (χ1) is 12.2. The monoisotopic (exact) mass is 391 g/mol. The third-order valence-corrected chi connectivity index (χ3v) is 5.42. The van der Waals surface area contributed by atoms with Gasteiger partial charge in [-0.3, -0.25) is 0 Å². The van der Waals surface area contributed by atoms with Crippen LogP contribution in [0.1, 0.15) is 30.3 Å². The Kier molecular flexibility index (Phi) is 6.40. The number of thioether (sulfide) groups is 1. The van der Waals surface area contributed by atoms with Crippen molar-refractivity contribution in [1.82, 2.24) is 14.8 Å². The van der Waals surface area contributed by atoms with Crippen molar-refractivity contribution in [3.8, 4) is 0 Å². The number of hydrogen-bond donors (Lipinski definition) is 0. The van der Waals surface area contributed by atoms with Gasteiger partial charge < -0.3 is 4.57 Å². The van der Waals surface area contributed by atoms with Gasteiger partial charge in [-0.25, -0.2) is 0 Å². The molecule has 0 bridgehead atoms. The Bertz CT molecular complexity index is 834. The summed E-state index contributed by atoms with van der Waals surface area (Å²) in [6, 6.07) is 16.0. The van der Waals surface area contributed by atoms with E-state index in [4.69, 9.17) is 23.2 Å². The lowest BCUT2D eigenvalue weighted by atomic mass is 10.1. The minimum atomic E-state index is 0.651. The van der Waals surface area contributed by atoms with Crippen LogP contribution in [0.2, 0.25) is 10.0 Å². The van der Waals surface area contributed by atoms with Crippen LogP contribution in [0, 0.1) is 0 Å². The van der Waals surface area contributed by atoms with Gasteiger partial charge in [0.25, 0.3) is 0 Å². The minimum absolute atomic E-state index is 0.651. The van der Waals surface area contributed by atoms with Crippen molar-refractivity contribution >= 4 is 35.0 Å². The van der Waals surface area contributed by atoms with Gasteiger partial charge in [0.2, 0.25) is 0 Å². The second-order valence-electron chi connectivity index (χ2n) is 5.74. The van der Waals surface area contributed by atoms with Gasteiger partial charge in [-0.1, -0.05) is 78.3 Å². The van der Waals surface area contributed by atoms with Crippen molar-refractivity contribution in [2.75, 3.05) is 0 Å². The maximum absolute atomic E-state index is 6.27. The molecule has 25 heavy (non-hydrogen) atoms. The van der Waals surface area contributed by atoms with Gasteiger partial charge in [0, 0.05) is 28.8 Å². The quantitative estimate of drug-likeness (QED) is 0.471. The van der Waals surface area contributed by atoms with Gasteiger partial charge in [0.15, 0.2) is 5.16 Å². The maximum atomic E-state index is 6.27. The molecule has 0 atom stereocenters. The highest BCUT2D eigenvalue weighted by Gasteiger charge is 2.13. The lowest BCUT2D eigenvalue weighted by Crippen LogP contribution is -2.05. The second kappa shape index (κ2) is 8.75. The summed E-state index contributed by atoms with van der Waals surface area (Å²) in [5.41, 5.74) is 2.29. The molecule has 0 aliphatic heterocycles. The molecule has 0 saturated carbocycles. The summed E-state index contributed by atoms with van der Waals surface area (Å²) in [5, 5.41) is 11.1. The van der Waals surface area contributed by atoms with E-state index in [-0.39, 0.29) is 0 Å². The van der Waals surface area contributed by atoms with E-state index in [1.54, 1.807) is 17.8 Å². The molecule has 2 aromatic carbocycles. The molecule has 0 aliphatic rings. The highest BCUT2D eigenvalue weighted by Crippen LogP contribution is 2.28. The van der Waals surface area contributed by atoms with Gasteiger partial charge in [0.05, 0.1) is 0 Å². The molecule has 0 N–H and O–H groups in total. The van der Waals surface area contributed by atoms with Crippen LogP contribution >= 0.6 is 35.0 Å². The summed E-state index contributed by atoms with van der Waals surface area (Å²) in [6.07, 6.45) is 1.82. The zero-order chi connectivity index (χ0) is 17.6. The molecule has 1 aromatic heterocycles. The first kappa shape index (κ1) is 18.3. The summed E-state index contributed by atoms with van der Waals surface area (Å²) in [5.74, 6) is 1.74. The SMILES string of the molecule is CCCn1c(Cc2ccccc2)nnc1SCc1ccc(Cl)cc1Cl. The van der Waals surface area contributed by atoms with E-state index in [1.165, 1.54) is 5.56 Å². The molecule has 3 aromatic rings. The molecule has 0 radical (unpaired) electrons. The number of aromatic nitrogens is 3. The maximum Gasteiger partial charge on any atom is 0.191 e. The van der Waals surface area contributed by atoms with Crippen LogP contribution < -0.4 is 0 Å². The normalized spacial score (nSPS) is 11.0. The van der Waals surface area contributed by atoms with Crippen molar-refractivity contribution in [2.24, 2.45) is 0 Å². The van der Waals surface area contributed by atoms with Gasteiger partial charge in [-0.2, -0.15) is 0 Å². The van der Waals surface area contributed by atoms with E-state index >= 15 is 0 Å². The molecular formula is C19H19Cl2N3S. The molecule has 3 nitrogen and oxygen atoms in total. The molecule has 1 heterocycles. The van der Waals surface area contributed by atoms with Gasteiger partial charge in [0.1, 0.15) is 5.82 Å². The minimum Gasteiger partial charge on any atom is -0.306 e. The van der Waals surface area contributed by atoms with Crippen LogP contribution in [0.4, 0.5) is 0 Å². The Morgan fingerprint density at radius 2 is 1.84 bits per heavy atom. The molecule has 0 unspecified atom stereocenters. The Morgan fingerprint density at radius 3 is 2.56 bits per heavy atom. The van der Waals surface area contributed by atoms with Crippen LogP contribution in [0.25, 0.3) is 0 Å². The molecular weight excluding hydrogens is 373 g/mol. The molecule has 130 valence electrons. The summed E-state index contributed by atoms with van der Waals surface area (Å²) >= 11 is 13.9. The predicted octanol–water partition coefficient (Wildman–Crippen LogP) is 5.88. The van der Waals surface area contributed by atoms with Crippen molar-refractivity contribution < 1.29 is 0 Å². The average Bonchev–Trinajstić information content (AvgIpc) is 2.97. The van der Waals surface area contributed by atoms with Gasteiger partial charge >= 0.3 is 0 Å². The first-order valence-electron chi connectivity index (χ1n) is 8.20. The van der Waals surface area contributed by atoms with Crippen LogP contribution in [0.5, 0.6) is 0 Å². The van der Waals surface area contributed by atoms with Crippen LogP contribution in [0.3, 0.4) is 0 Å². The molecule has 0 aliphatic carbocycles. The Hall–Kier alpha value is -1.49. The molecule has 0 spiro atoms. The summed E-state index contributed by atoms with van der Waals surface area (Å²) in [7, 11) is 0.